The van der Waals surface area contributed by atoms with Crippen LogP contribution in [0.3, 0.4) is 0 Å². The van der Waals surface area contributed by atoms with Gasteiger partial charge in [0.15, 0.2) is 0 Å². The molecule has 0 amide bonds. The number of aromatic nitrogens is 3. The molecule has 0 atom stereocenters. The van der Waals surface area contributed by atoms with Crippen LogP contribution >= 0.6 is 0 Å². The Morgan fingerprint density at radius 2 is 1.79 bits per heavy atom. The zero-order chi connectivity index (χ0) is 13.1. The molecule has 1 fully saturated rings. The van der Waals surface area contributed by atoms with Crippen LogP contribution in [-0.2, 0) is 6.54 Å². The zero-order valence-electron chi connectivity index (χ0n) is 11.1. The van der Waals surface area contributed by atoms with E-state index < -0.39 is 0 Å². The standard InChI is InChI=1S/C14H18N4O/c1-12-2-4-13(5-3-12)19-14-8-17(9-14)6-7-18-10-15-16-11-18/h2-5,10-11,14H,6-9H2,1H3. The van der Waals surface area contributed by atoms with E-state index in [1.165, 1.54) is 5.56 Å². The van der Waals surface area contributed by atoms with Crippen LogP contribution in [0.1, 0.15) is 5.56 Å². The molecule has 0 aliphatic carbocycles. The van der Waals surface area contributed by atoms with Gasteiger partial charge in [0.25, 0.3) is 0 Å². The summed E-state index contributed by atoms with van der Waals surface area (Å²) in [6, 6.07) is 8.24. The molecule has 2 aromatic rings. The Balaban J connectivity index is 1.39. The average molecular weight is 258 g/mol. The lowest BCUT2D eigenvalue weighted by molar-refractivity contribution is 0.0180. The molecule has 5 nitrogen and oxygen atoms in total. The maximum Gasteiger partial charge on any atom is 0.124 e. The fourth-order valence-electron chi connectivity index (χ4n) is 2.18. The quantitative estimate of drug-likeness (QED) is 0.812. The number of hydrogen-bond acceptors (Lipinski definition) is 4. The zero-order valence-corrected chi connectivity index (χ0v) is 11.1. The second kappa shape index (κ2) is 5.40. The van der Waals surface area contributed by atoms with E-state index in [0.717, 1.165) is 31.9 Å². The van der Waals surface area contributed by atoms with Crippen molar-refractivity contribution < 1.29 is 4.74 Å². The monoisotopic (exact) mass is 258 g/mol. The van der Waals surface area contributed by atoms with Crippen molar-refractivity contribution in [3.05, 3.63) is 42.5 Å². The minimum atomic E-state index is 0.323. The van der Waals surface area contributed by atoms with Crippen LogP contribution in [0, 0.1) is 6.92 Å². The first-order valence-electron chi connectivity index (χ1n) is 6.58. The Hall–Kier alpha value is -1.88. The molecule has 100 valence electrons. The lowest BCUT2D eigenvalue weighted by Gasteiger charge is -2.39. The third kappa shape index (κ3) is 3.12. The molecule has 0 spiro atoms. The first-order valence-corrected chi connectivity index (χ1v) is 6.58. The van der Waals surface area contributed by atoms with E-state index in [-0.39, 0.29) is 0 Å². The highest BCUT2D eigenvalue weighted by atomic mass is 16.5. The maximum atomic E-state index is 5.90. The van der Waals surface area contributed by atoms with Crippen LogP contribution in [0.15, 0.2) is 36.9 Å². The van der Waals surface area contributed by atoms with E-state index in [0.29, 0.717) is 6.10 Å². The van der Waals surface area contributed by atoms with Crippen LogP contribution in [0.25, 0.3) is 0 Å². The van der Waals surface area contributed by atoms with E-state index in [9.17, 15) is 0 Å². The Labute approximate surface area is 112 Å². The first-order chi connectivity index (χ1) is 9.29. The fraction of sp³-hybridized carbons (Fsp3) is 0.429. The second-order valence-corrected chi connectivity index (χ2v) is 5.01. The number of aryl methyl sites for hydroxylation is 1. The van der Waals surface area contributed by atoms with Crippen molar-refractivity contribution in [2.45, 2.75) is 19.6 Å². The van der Waals surface area contributed by atoms with Gasteiger partial charge in [-0.05, 0) is 19.1 Å². The predicted molar refractivity (Wildman–Crippen MR) is 72.1 cm³/mol. The number of rotatable bonds is 5. The Bertz CT molecular complexity index is 503. The largest absolute Gasteiger partial charge is 0.488 e. The van der Waals surface area contributed by atoms with Crippen molar-refractivity contribution in [1.29, 1.82) is 0 Å². The summed E-state index contributed by atoms with van der Waals surface area (Å²) in [7, 11) is 0. The average Bonchev–Trinajstić information content (AvgIpc) is 2.87. The molecule has 0 radical (unpaired) electrons. The summed E-state index contributed by atoms with van der Waals surface area (Å²) in [4.78, 5) is 2.37. The summed E-state index contributed by atoms with van der Waals surface area (Å²) < 4.78 is 7.89. The van der Waals surface area contributed by atoms with E-state index in [2.05, 4.69) is 34.2 Å². The van der Waals surface area contributed by atoms with E-state index >= 15 is 0 Å². The topological polar surface area (TPSA) is 43.2 Å². The van der Waals surface area contributed by atoms with Gasteiger partial charge in [0.2, 0.25) is 0 Å². The highest BCUT2D eigenvalue weighted by molar-refractivity contribution is 5.26. The molecule has 0 unspecified atom stereocenters. The van der Waals surface area contributed by atoms with Gasteiger partial charge in [-0.1, -0.05) is 17.7 Å². The van der Waals surface area contributed by atoms with Gasteiger partial charge in [-0.2, -0.15) is 0 Å². The van der Waals surface area contributed by atoms with Gasteiger partial charge < -0.3 is 9.30 Å². The Morgan fingerprint density at radius 1 is 1.11 bits per heavy atom. The van der Waals surface area contributed by atoms with Crippen molar-refractivity contribution in [3.8, 4) is 5.75 Å². The van der Waals surface area contributed by atoms with Crippen molar-refractivity contribution in [1.82, 2.24) is 19.7 Å². The van der Waals surface area contributed by atoms with Gasteiger partial charge in [0, 0.05) is 26.2 Å². The summed E-state index contributed by atoms with van der Waals surface area (Å²) >= 11 is 0. The number of benzene rings is 1. The van der Waals surface area contributed by atoms with Crippen LogP contribution in [0.5, 0.6) is 5.75 Å². The summed E-state index contributed by atoms with van der Waals surface area (Å²) in [6.45, 7) is 6.03. The molecule has 1 aromatic heterocycles. The molecule has 3 rings (SSSR count). The number of likely N-dealkylation sites (tertiary alicyclic amines) is 1. The molecule has 5 heteroatoms. The molecule has 1 aromatic carbocycles. The minimum Gasteiger partial charge on any atom is -0.488 e. The van der Waals surface area contributed by atoms with E-state index in [1.807, 2.05) is 16.7 Å². The number of ether oxygens (including phenoxy) is 1. The highest BCUT2D eigenvalue weighted by Gasteiger charge is 2.27. The van der Waals surface area contributed by atoms with Crippen LogP contribution in [0.4, 0.5) is 0 Å². The molecule has 2 heterocycles. The van der Waals surface area contributed by atoms with Gasteiger partial charge in [0.05, 0.1) is 0 Å². The Kier molecular flexibility index (Phi) is 3.46. The van der Waals surface area contributed by atoms with Gasteiger partial charge in [-0.15, -0.1) is 10.2 Å². The molecular weight excluding hydrogens is 240 g/mol. The van der Waals surface area contributed by atoms with Crippen LogP contribution in [0.2, 0.25) is 0 Å². The van der Waals surface area contributed by atoms with Crippen LogP contribution < -0.4 is 4.74 Å². The van der Waals surface area contributed by atoms with Crippen molar-refractivity contribution in [2.75, 3.05) is 19.6 Å². The highest BCUT2D eigenvalue weighted by Crippen LogP contribution is 2.18. The summed E-state index contributed by atoms with van der Waals surface area (Å²) in [6.07, 6.45) is 3.82. The van der Waals surface area contributed by atoms with Crippen molar-refractivity contribution in [2.24, 2.45) is 0 Å². The van der Waals surface area contributed by atoms with Gasteiger partial charge in [-0.25, -0.2) is 0 Å². The smallest absolute Gasteiger partial charge is 0.124 e. The van der Waals surface area contributed by atoms with Crippen molar-refractivity contribution in [3.63, 3.8) is 0 Å². The Morgan fingerprint density at radius 3 is 2.47 bits per heavy atom. The fourth-order valence-corrected chi connectivity index (χ4v) is 2.18. The van der Waals surface area contributed by atoms with E-state index in [1.54, 1.807) is 12.7 Å². The van der Waals surface area contributed by atoms with Gasteiger partial charge in [0.1, 0.15) is 24.5 Å². The SMILES string of the molecule is Cc1ccc(OC2CN(CCn3cnnc3)C2)cc1. The second-order valence-electron chi connectivity index (χ2n) is 5.01. The lowest BCUT2D eigenvalue weighted by Crippen LogP contribution is -2.54. The van der Waals surface area contributed by atoms with E-state index in [4.69, 9.17) is 4.74 Å². The molecular formula is C14H18N4O. The number of hydrogen-bond donors (Lipinski definition) is 0. The molecule has 0 bridgehead atoms. The first kappa shape index (κ1) is 12.2. The summed E-state index contributed by atoms with van der Waals surface area (Å²) in [5, 5.41) is 7.58. The molecule has 0 N–H and O–H groups in total. The third-order valence-corrected chi connectivity index (χ3v) is 3.39. The minimum absolute atomic E-state index is 0.323. The maximum absolute atomic E-state index is 5.90. The van der Waals surface area contributed by atoms with Crippen molar-refractivity contribution >= 4 is 0 Å². The summed E-state index contributed by atoms with van der Waals surface area (Å²) in [5.74, 6) is 0.967. The molecule has 1 saturated heterocycles. The normalized spacial score (nSPS) is 16.3. The molecule has 0 saturated carbocycles. The van der Waals surface area contributed by atoms with Gasteiger partial charge >= 0.3 is 0 Å². The number of nitrogens with zero attached hydrogens (tertiary/aromatic N) is 4. The molecule has 1 aliphatic heterocycles. The van der Waals surface area contributed by atoms with Gasteiger partial charge in [-0.3, -0.25) is 4.90 Å². The molecule has 19 heavy (non-hydrogen) atoms. The summed E-state index contributed by atoms with van der Waals surface area (Å²) in [5.41, 5.74) is 1.26. The third-order valence-electron chi connectivity index (χ3n) is 3.39. The lowest BCUT2D eigenvalue weighted by atomic mass is 10.1. The molecule has 1 aliphatic rings. The van der Waals surface area contributed by atoms with Crippen LogP contribution in [-0.4, -0.2) is 45.4 Å². The predicted octanol–water partition coefficient (Wildman–Crippen LogP) is 1.35.